The molecular formula is C4H12N2O3S. The van der Waals surface area contributed by atoms with Crippen LogP contribution < -0.4 is 9.44 Å². The number of hydrogen-bond acceptors (Lipinski definition) is 4. The fraction of sp³-hybridized carbons (Fsp3) is 0.750. The zero-order chi connectivity index (χ0) is 8.20. The Balaban J connectivity index is 3.74. The van der Waals surface area contributed by atoms with Crippen molar-refractivity contribution in [2.45, 2.75) is 13.8 Å². The van der Waals surface area contributed by atoms with Gasteiger partial charge in [-0.25, -0.2) is 9.44 Å². The van der Waals surface area contributed by atoms with Gasteiger partial charge in [-0.2, -0.15) is 0 Å². The van der Waals surface area contributed by atoms with E-state index >= 15 is 0 Å². The van der Waals surface area contributed by atoms with Crippen molar-refractivity contribution < 1.29 is 13.9 Å². The Kier molecular flexibility index (Phi) is 3.66. The van der Waals surface area contributed by atoms with E-state index in [0.717, 1.165) is 0 Å². The molecule has 0 saturated heterocycles. The van der Waals surface area contributed by atoms with Gasteiger partial charge in [0.2, 0.25) is 5.91 Å². The molecule has 0 aliphatic heterocycles. The third kappa shape index (κ3) is 4.57. The maximum Gasteiger partial charge on any atom is 0.235 e. The topological polar surface area (TPSA) is 81.6 Å². The van der Waals surface area contributed by atoms with Crippen LogP contribution in [0.3, 0.4) is 0 Å². The fourth-order valence-electron chi connectivity index (χ4n) is 0.438. The smallest absolute Gasteiger partial charge is 0.235 e. The van der Waals surface area contributed by atoms with E-state index in [2.05, 4.69) is 4.72 Å². The molecule has 0 unspecified atom stereocenters. The van der Waals surface area contributed by atoms with Crippen LogP contribution in [0.4, 0.5) is 0 Å². The SMILES string of the molecule is CCNS(O)(O)NC(C)=O. The molecule has 1 amide bonds. The monoisotopic (exact) mass is 168 g/mol. The van der Waals surface area contributed by atoms with E-state index in [-0.39, 0.29) is 0 Å². The van der Waals surface area contributed by atoms with Crippen molar-refractivity contribution >= 4 is 16.9 Å². The summed E-state index contributed by atoms with van der Waals surface area (Å²) in [6.45, 7) is 3.31. The van der Waals surface area contributed by atoms with Crippen LogP contribution >= 0.6 is 11.0 Å². The molecule has 10 heavy (non-hydrogen) atoms. The predicted octanol–water partition coefficient (Wildman–Crippen LogP) is 0.313. The molecule has 5 nitrogen and oxygen atoms in total. The number of carbonyl (C=O) groups excluding carboxylic acids is 1. The Morgan fingerprint density at radius 3 is 2.40 bits per heavy atom. The Hall–Kier alpha value is -0.300. The Morgan fingerprint density at radius 1 is 1.60 bits per heavy atom. The van der Waals surface area contributed by atoms with E-state index in [9.17, 15) is 4.79 Å². The van der Waals surface area contributed by atoms with E-state index in [1.807, 2.05) is 4.72 Å². The second-order valence-electron chi connectivity index (χ2n) is 1.70. The van der Waals surface area contributed by atoms with Crippen LogP contribution in [0.5, 0.6) is 0 Å². The van der Waals surface area contributed by atoms with Gasteiger partial charge >= 0.3 is 0 Å². The lowest BCUT2D eigenvalue weighted by Crippen LogP contribution is -2.34. The zero-order valence-corrected chi connectivity index (χ0v) is 6.73. The average Bonchev–Trinajstić information content (AvgIpc) is 1.59. The second kappa shape index (κ2) is 3.77. The van der Waals surface area contributed by atoms with E-state index < -0.39 is 16.9 Å². The molecule has 62 valence electrons. The van der Waals surface area contributed by atoms with Gasteiger partial charge in [-0.3, -0.25) is 13.9 Å². The van der Waals surface area contributed by atoms with Crippen molar-refractivity contribution in [1.29, 1.82) is 0 Å². The molecule has 0 radical (unpaired) electrons. The quantitative estimate of drug-likeness (QED) is 0.489. The summed E-state index contributed by atoms with van der Waals surface area (Å²) >= 11 is 0. The summed E-state index contributed by atoms with van der Waals surface area (Å²) in [7, 11) is -3.08. The molecule has 6 heteroatoms. The van der Waals surface area contributed by atoms with E-state index in [0.29, 0.717) is 6.54 Å². The van der Waals surface area contributed by atoms with Crippen LogP contribution in [0.2, 0.25) is 0 Å². The average molecular weight is 168 g/mol. The summed E-state index contributed by atoms with van der Waals surface area (Å²) in [5.74, 6) is -0.471. The lowest BCUT2D eigenvalue weighted by Gasteiger charge is -2.31. The molecule has 4 N–H and O–H groups in total. The Labute approximate surface area is 61.4 Å². The molecule has 0 aromatic heterocycles. The second-order valence-corrected chi connectivity index (χ2v) is 3.30. The summed E-state index contributed by atoms with van der Waals surface area (Å²) < 4.78 is 22.0. The van der Waals surface area contributed by atoms with Crippen molar-refractivity contribution in [1.82, 2.24) is 9.44 Å². The highest BCUT2D eigenvalue weighted by molar-refractivity contribution is 8.21. The van der Waals surface area contributed by atoms with Gasteiger partial charge in [0.25, 0.3) is 0 Å². The van der Waals surface area contributed by atoms with Gasteiger partial charge in [0.1, 0.15) is 0 Å². The first kappa shape index (κ1) is 9.70. The number of rotatable bonds is 3. The summed E-state index contributed by atoms with van der Waals surface area (Å²) in [5.41, 5.74) is 0. The lowest BCUT2D eigenvalue weighted by molar-refractivity contribution is -0.117. The predicted molar refractivity (Wildman–Crippen MR) is 40.3 cm³/mol. The first-order chi connectivity index (χ1) is 4.48. The van der Waals surface area contributed by atoms with E-state index in [1.54, 1.807) is 6.92 Å². The van der Waals surface area contributed by atoms with Gasteiger partial charge in [0, 0.05) is 13.5 Å². The largest absolute Gasteiger partial charge is 0.274 e. The maximum absolute atomic E-state index is 10.3. The van der Waals surface area contributed by atoms with Crippen LogP contribution in [0.25, 0.3) is 0 Å². The molecule has 0 atom stereocenters. The third-order valence-electron chi connectivity index (χ3n) is 0.632. The summed E-state index contributed by atoms with van der Waals surface area (Å²) in [5, 5.41) is 0. The summed E-state index contributed by atoms with van der Waals surface area (Å²) in [4.78, 5) is 10.3. The van der Waals surface area contributed by atoms with Crippen LogP contribution in [0.15, 0.2) is 0 Å². The van der Waals surface area contributed by atoms with Gasteiger partial charge in [-0.05, 0) is 0 Å². The molecular weight excluding hydrogens is 156 g/mol. The molecule has 0 saturated carbocycles. The molecule has 0 aliphatic rings. The molecule has 0 aromatic rings. The molecule has 0 aromatic carbocycles. The molecule has 0 spiro atoms. The molecule has 0 rings (SSSR count). The van der Waals surface area contributed by atoms with Crippen LogP contribution in [0, 0.1) is 0 Å². The van der Waals surface area contributed by atoms with Gasteiger partial charge in [0.15, 0.2) is 0 Å². The van der Waals surface area contributed by atoms with Gasteiger partial charge in [-0.1, -0.05) is 17.9 Å². The van der Waals surface area contributed by atoms with Crippen LogP contribution in [-0.4, -0.2) is 21.6 Å². The van der Waals surface area contributed by atoms with Crippen molar-refractivity contribution in [2.24, 2.45) is 0 Å². The van der Waals surface area contributed by atoms with Gasteiger partial charge in [0.05, 0.1) is 0 Å². The molecule has 0 fully saturated rings. The molecule has 0 heterocycles. The summed E-state index contributed by atoms with van der Waals surface area (Å²) in [6.07, 6.45) is 0. The van der Waals surface area contributed by atoms with Gasteiger partial charge < -0.3 is 0 Å². The number of carbonyl (C=O) groups is 1. The Morgan fingerprint density at radius 2 is 2.10 bits per heavy atom. The molecule has 0 aliphatic carbocycles. The zero-order valence-electron chi connectivity index (χ0n) is 5.92. The summed E-state index contributed by atoms with van der Waals surface area (Å²) in [6, 6.07) is 0. The molecule has 0 bridgehead atoms. The third-order valence-corrected chi connectivity index (χ3v) is 1.89. The van der Waals surface area contributed by atoms with Crippen molar-refractivity contribution in [3.8, 4) is 0 Å². The number of hydrogen-bond donors (Lipinski definition) is 4. The standard InChI is InChI=1S/C4H12N2O3S/c1-3-5-10(8,9)6-4(2)7/h5,8-9H,3H2,1-2H3,(H,6,7). The lowest BCUT2D eigenvalue weighted by atomic mass is 10.8. The van der Waals surface area contributed by atoms with Crippen LogP contribution in [0.1, 0.15) is 13.8 Å². The fourth-order valence-corrected chi connectivity index (χ4v) is 1.31. The van der Waals surface area contributed by atoms with E-state index in [1.165, 1.54) is 6.92 Å². The van der Waals surface area contributed by atoms with Crippen molar-refractivity contribution in [3.63, 3.8) is 0 Å². The first-order valence-corrected chi connectivity index (χ1v) is 4.33. The van der Waals surface area contributed by atoms with Crippen LogP contribution in [-0.2, 0) is 4.79 Å². The van der Waals surface area contributed by atoms with Gasteiger partial charge in [-0.15, -0.1) is 0 Å². The minimum Gasteiger partial charge on any atom is -0.274 e. The highest BCUT2D eigenvalue weighted by Crippen LogP contribution is 2.26. The highest BCUT2D eigenvalue weighted by atomic mass is 32.3. The normalized spacial score (nSPS) is 12.8. The minimum absolute atomic E-state index is 0.391. The highest BCUT2D eigenvalue weighted by Gasteiger charge is 2.09. The van der Waals surface area contributed by atoms with E-state index in [4.69, 9.17) is 9.11 Å². The van der Waals surface area contributed by atoms with Crippen molar-refractivity contribution in [3.05, 3.63) is 0 Å². The minimum atomic E-state index is -3.08. The number of amides is 1. The first-order valence-electron chi connectivity index (χ1n) is 2.79. The van der Waals surface area contributed by atoms with Crippen molar-refractivity contribution in [2.75, 3.05) is 6.54 Å². The number of nitrogens with one attached hydrogen (secondary N) is 2. The maximum atomic E-state index is 10.3. The Bertz CT molecular complexity index is 128.